The van der Waals surface area contributed by atoms with Crippen LogP contribution in [0.1, 0.15) is 54.6 Å². The van der Waals surface area contributed by atoms with Gasteiger partial charge in [-0.1, -0.05) is 12.8 Å². The molecular weight excluding hydrogens is 252 g/mol. The Bertz CT molecular complexity index is 513. The van der Waals surface area contributed by atoms with Gasteiger partial charge < -0.3 is 10.0 Å². The molecule has 3 rings (SSSR count). The van der Waals surface area contributed by atoms with Gasteiger partial charge in [0.15, 0.2) is 0 Å². The van der Waals surface area contributed by atoms with Crippen molar-refractivity contribution in [2.45, 2.75) is 51.5 Å². The molecule has 0 radical (unpaired) electrons. The van der Waals surface area contributed by atoms with Crippen LogP contribution in [0.4, 0.5) is 5.82 Å². The quantitative estimate of drug-likeness (QED) is 0.899. The van der Waals surface area contributed by atoms with Gasteiger partial charge in [-0.3, -0.25) is 0 Å². The topological polar surface area (TPSA) is 53.4 Å². The summed E-state index contributed by atoms with van der Waals surface area (Å²) in [7, 11) is 0. The lowest BCUT2D eigenvalue weighted by Crippen LogP contribution is -2.47. The maximum absolute atomic E-state index is 11.1. The van der Waals surface area contributed by atoms with Crippen LogP contribution in [0.15, 0.2) is 12.1 Å². The van der Waals surface area contributed by atoms with Crippen LogP contribution in [-0.4, -0.2) is 28.6 Å². The number of carboxylic acids is 1. The van der Waals surface area contributed by atoms with Crippen LogP contribution in [0.25, 0.3) is 0 Å². The number of hydrogen-bond donors (Lipinski definition) is 1. The summed E-state index contributed by atoms with van der Waals surface area (Å²) in [6.07, 6.45) is 7.83. The van der Waals surface area contributed by atoms with Crippen LogP contribution >= 0.6 is 0 Å². The molecule has 0 spiro atoms. The Labute approximate surface area is 119 Å². The van der Waals surface area contributed by atoms with Gasteiger partial charge in [0.1, 0.15) is 5.82 Å². The number of aryl methyl sites for hydroxylation is 1. The van der Waals surface area contributed by atoms with E-state index in [1.165, 1.54) is 38.5 Å². The van der Waals surface area contributed by atoms with Crippen LogP contribution in [0.5, 0.6) is 0 Å². The number of rotatable bonds is 2. The summed E-state index contributed by atoms with van der Waals surface area (Å²) < 4.78 is 0. The molecule has 4 heteroatoms. The van der Waals surface area contributed by atoms with E-state index in [1.807, 2.05) is 6.07 Å². The number of fused-ring (bicyclic) bond motifs is 1. The SMILES string of the molecule is Cc1nc(N2CCCC3CCCCC32)ccc1C(=O)O. The molecule has 20 heavy (non-hydrogen) atoms. The van der Waals surface area contributed by atoms with E-state index in [9.17, 15) is 4.79 Å². The van der Waals surface area contributed by atoms with Gasteiger partial charge in [0.25, 0.3) is 0 Å². The van der Waals surface area contributed by atoms with E-state index in [0.29, 0.717) is 17.3 Å². The maximum Gasteiger partial charge on any atom is 0.337 e. The molecule has 108 valence electrons. The molecular formula is C16H22N2O2. The molecule has 0 bridgehead atoms. The number of carbonyl (C=O) groups is 1. The molecule has 1 aliphatic carbocycles. The highest BCUT2D eigenvalue weighted by Crippen LogP contribution is 2.37. The van der Waals surface area contributed by atoms with Crippen molar-refractivity contribution < 1.29 is 9.90 Å². The molecule has 4 nitrogen and oxygen atoms in total. The van der Waals surface area contributed by atoms with Gasteiger partial charge in [-0.25, -0.2) is 9.78 Å². The number of nitrogens with zero attached hydrogens (tertiary/aromatic N) is 2. The average molecular weight is 274 g/mol. The Morgan fingerprint density at radius 3 is 2.75 bits per heavy atom. The molecule has 1 aromatic heterocycles. The van der Waals surface area contributed by atoms with Crippen molar-refractivity contribution in [3.63, 3.8) is 0 Å². The predicted molar refractivity (Wildman–Crippen MR) is 78.3 cm³/mol. The Morgan fingerprint density at radius 2 is 2.00 bits per heavy atom. The third-order valence-corrected chi connectivity index (χ3v) is 4.84. The molecule has 1 saturated carbocycles. The lowest BCUT2D eigenvalue weighted by Gasteiger charge is -2.44. The van der Waals surface area contributed by atoms with Gasteiger partial charge >= 0.3 is 5.97 Å². The first-order valence-electron chi connectivity index (χ1n) is 7.64. The molecule has 1 N–H and O–H groups in total. The summed E-state index contributed by atoms with van der Waals surface area (Å²) in [6, 6.07) is 4.19. The maximum atomic E-state index is 11.1. The van der Waals surface area contributed by atoms with E-state index >= 15 is 0 Å². The van der Waals surface area contributed by atoms with Crippen molar-refractivity contribution in [3.05, 3.63) is 23.4 Å². The van der Waals surface area contributed by atoms with Crippen molar-refractivity contribution >= 4 is 11.8 Å². The zero-order valence-electron chi connectivity index (χ0n) is 12.0. The fourth-order valence-electron chi connectivity index (χ4n) is 3.84. The Kier molecular flexibility index (Phi) is 3.64. The number of anilines is 1. The summed E-state index contributed by atoms with van der Waals surface area (Å²) in [5.74, 6) is 0.874. The molecule has 2 unspecified atom stereocenters. The van der Waals surface area contributed by atoms with Gasteiger partial charge in [0.2, 0.25) is 0 Å². The van der Waals surface area contributed by atoms with Crippen molar-refractivity contribution in [2.24, 2.45) is 5.92 Å². The standard InChI is InChI=1S/C16H22N2O2/c1-11-13(16(19)20)8-9-15(17-11)18-10-4-6-12-5-2-3-7-14(12)18/h8-9,12,14H,2-7,10H2,1H3,(H,19,20). The molecule has 0 aromatic carbocycles. The normalized spacial score (nSPS) is 26.1. The highest BCUT2D eigenvalue weighted by atomic mass is 16.4. The zero-order chi connectivity index (χ0) is 14.1. The second-order valence-corrected chi connectivity index (χ2v) is 6.06. The minimum absolute atomic E-state index is 0.311. The second kappa shape index (κ2) is 5.43. The largest absolute Gasteiger partial charge is 0.478 e. The first kappa shape index (κ1) is 13.4. The highest BCUT2D eigenvalue weighted by molar-refractivity contribution is 5.89. The number of carboxylic acid groups (broad SMARTS) is 1. The molecule has 0 amide bonds. The van der Waals surface area contributed by atoms with Gasteiger partial charge in [0, 0.05) is 12.6 Å². The number of hydrogen-bond acceptors (Lipinski definition) is 3. The van der Waals surface area contributed by atoms with Crippen LogP contribution in [0.2, 0.25) is 0 Å². The summed E-state index contributed by atoms with van der Waals surface area (Å²) in [5.41, 5.74) is 0.930. The monoisotopic (exact) mass is 274 g/mol. The van der Waals surface area contributed by atoms with Crippen molar-refractivity contribution in [1.82, 2.24) is 4.98 Å². The van der Waals surface area contributed by atoms with E-state index < -0.39 is 5.97 Å². The van der Waals surface area contributed by atoms with Gasteiger partial charge in [-0.15, -0.1) is 0 Å². The Balaban J connectivity index is 1.87. The van der Waals surface area contributed by atoms with Crippen molar-refractivity contribution in [3.8, 4) is 0 Å². The van der Waals surface area contributed by atoms with Gasteiger partial charge in [0.05, 0.1) is 11.3 Å². The molecule has 2 aliphatic rings. The van der Waals surface area contributed by atoms with E-state index in [-0.39, 0.29) is 0 Å². The minimum Gasteiger partial charge on any atom is -0.478 e. The molecule has 1 aromatic rings. The van der Waals surface area contributed by atoms with Crippen LogP contribution < -0.4 is 4.90 Å². The Hall–Kier alpha value is -1.58. The number of piperidine rings is 1. The fraction of sp³-hybridized carbons (Fsp3) is 0.625. The number of aromatic nitrogens is 1. The average Bonchev–Trinajstić information content (AvgIpc) is 2.46. The molecule has 2 atom stereocenters. The Morgan fingerprint density at radius 1 is 1.25 bits per heavy atom. The summed E-state index contributed by atoms with van der Waals surface area (Å²) in [5, 5.41) is 9.10. The van der Waals surface area contributed by atoms with Gasteiger partial charge in [-0.2, -0.15) is 0 Å². The summed E-state index contributed by atoms with van der Waals surface area (Å²) in [4.78, 5) is 18.1. The van der Waals surface area contributed by atoms with Crippen LogP contribution in [0, 0.1) is 12.8 Å². The molecule has 2 fully saturated rings. The third kappa shape index (κ3) is 2.39. The summed E-state index contributed by atoms with van der Waals surface area (Å²) in [6.45, 7) is 2.84. The summed E-state index contributed by atoms with van der Waals surface area (Å²) >= 11 is 0. The van der Waals surface area contributed by atoms with E-state index in [0.717, 1.165) is 18.3 Å². The van der Waals surface area contributed by atoms with Crippen molar-refractivity contribution in [2.75, 3.05) is 11.4 Å². The molecule has 1 aliphatic heterocycles. The second-order valence-electron chi connectivity index (χ2n) is 6.06. The van der Waals surface area contributed by atoms with Crippen LogP contribution in [-0.2, 0) is 0 Å². The van der Waals surface area contributed by atoms with E-state index in [2.05, 4.69) is 9.88 Å². The van der Waals surface area contributed by atoms with Gasteiger partial charge in [-0.05, 0) is 50.7 Å². The van der Waals surface area contributed by atoms with Crippen molar-refractivity contribution in [1.29, 1.82) is 0 Å². The number of pyridine rings is 1. The van der Waals surface area contributed by atoms with Crippen LogP contribution in [0.3, 0.4) is 0 Å². The lowest BCUT2D eigenvalue weighted by molar-refractivity contribution is 0.0695. The van der Waals surface area contributed by atoms with E-state index in [1.54, 1.807) is 13.0 Å². The number of aromatic carboxylic acids is 1. The highest BCUT2D eigenvalue weighted by Gasteiger charge is 2.33. The smallest absolute Gasteiger partial charge is 0.337 e. The first-order valence-corrected chi connectivity index (χ1v) is 7.64. The fourth-order valence-corrected chi connectivity index (χ4v) is 3.84. The van der Waals surface area contributed by atoms with E-state index in [4.69, 9.17) is 5.11 Å². The molecule has 1 saturated heterocycles. The third-order valence-electron chi connectivity index (χ3n) is 4.84. The first-order chi connectivity index (χ1) is 9.66. The zero-order valence-corrected chi connectivity index (χ0v) is 12.0. The predicted octanol–water partition coefficient (Wildman–Crippen LogP) is 3.25. The molecule has 2 heterocycles. The lowest BCUT2D eigenvalue weighted by atomic mass is 9.78. The minimum atomic E-state index is -0.893.